The van der Waals surface area contributed by atoms with Crippen molar-refractivity contribution in [1.29, 1.82) is 0 Å². The summed E-state index contributed by atoms with van der Waals surface area (Å²) in [6, 6.07) is 14.5. The molecule has 98 valence electrons. The van der Waals surface area contributed by atoms with E-state index < -0.39 is 0 Å². The Balaban J connectivity index is 2.27. The van der Waals surface area contributed by atoms with Crippen LogP contribution >= 0.6 is 0 Å². The SMILES string of the molecule is Cc1cccc2c1Oc1ccccc1N2C(C)(C)C. The highest BCUT2D eigenvalue weighted by molar-refractivity contribution is 5.80. The molecule has 0 bridgehead atoms. The Morgan fingerprint density at radius 2 is 1.58 bits per heavy atom. The lowest BCUT2D eigenvalue weighted by Crippen LogP contribution is -2.39. The van der Waals surface area contributed by atoms with Crippen LogP contribution in [0.15, 0.2) is 42.5 Å². The number of rotatable bonds is 0. The minimum absolute atomic E-state index is 0.00241. The van der Waals surface area contributed by atoms with Crippen LogP contribution in [-0.2, 0) is 0 Å². The Kier molecular flexibility index (Phi) is 2.56. The number of aryl methyl sites for hydroxylation is 1. The van der Waals surface area contributed by atoms with Crippen molar-refractivity contribution < 1.29 is 4.74 Å². The van der Waals surface area contributed by atoms with E-state index in [1.54, 1.807) is 0 Å². The molecule has 0 aromatic heterocycles. The van der Waals surface area contributed by atoms with E-state index >= 15 is 0 Å². The molecule has 0 N–H and O–H groups in total. The van der Waals surface area contributed by atoms with Crippen LogP contribution in [-0.4, -0.2) is 5.54 Å². The predicted octanol–water partition coefficient (Wildman–Crippen LogP) is 5.04. The van der Waals surface area contributed by atoms with E-state index in [4.69, 9.17) is 4.74 Å². The van der Waals surface area contributed by atoms with Crippen molar-refractivity contribution in [2.75, 3.05) is 4.90 Å². The molecule has 19 heavy (non-hydrogen) atoms. The number of ether oxygens (including phenoxy) is 1. The summed E-state index contributed by atoms with van der Waals surface area (Å²) in [6.45, 7) is 8.76. The quantitative estimate of drug-likeness (QED) is 0.652. The molecule has 1 aliphatic heterocycles. The Labute approximate surface area is 114 Å². The second-order valence-electron chi connectivity index (χ2n) is 6.00. The molecule has 2 aromatic carbocycles. The summed E-state index contributed by atoms with van der Waals surface area (Å²) in [5.74, 6) is 1.90. The maximum absolute atomic E-state index is 6.09. The van der Waals surface area contributed by atoms with Gasteiger partial charge >= 0.3 is 0 Å². The van der Waals surface area contributed by atoms with Crippen molar-refractivity contribution in [3.63, 3.8) is 0 Å². The number of hydrogen-bond acceptors (Lipinski definition) is 2. The molecule has 2 nitrogen and oxygen atoms in total. The lowest BCUT2D eigenvalue weighted by molar-refractivity contribution is 0.448. The fourth-order valence-electron chi connectivity index (χ4n) is 2.64. The molecule has 2 aromatic rings. The van der Waals surface area contributed by atoms with Crippen LogP contribution in [0.2, 0.25) is 0 Å². The van der Waals surface area contributed by atoms with Crippen LogP contribution in [0.4, 0.5) is 11.4 Å². The average molecular weight is 253 g/mol. The van der Waals surface area contributed by atoms with E-state index in [1.165, 1.54) is 5.56 Å². The van der Waals surface area contributed by atoms with Gasteiger partial charge in [0.05, 0.1) is 11.4 Å². The van der Waals surface area contributed by atoms with E-state index in [0.717, 1.165) is 22.9 Å². The van der Waals surface area contributed by atoms with Crippen LogP contribution in [0.5, 0.6) is 11.5 Å². The first kappa shape index (κ1) is 12.1. The van der Waals surface area contributed by atoms with Gasteiger partial charge in [-0.1, -0.05) is 24.3 Å². The Morgan fingerprint density at radius 3 is 2.32 bits per heavy atom. The van der Waals surface area contributed by atoms with Gasteiger partial charge in [-0.2, -0.15) is 0 Å². The summed E-state index contributed by atoms with van der Waals surface area (Å²) in [6.07, 6.45) is 0. The Morgan fingerprint density at radius 1 is 0.895 bits per heavy atom. The van der Waals surface area contributed by atoms with Crippen LogP contribution in [0.3, 0.4) is 0 Å². The number of anilines is 2. The van der Waals surface area contributed by atoms with Gasteiger partial charge in [-0.3, -0.25) is 0 Å². The molecule has 2 heteroatoms. The predicted molar refractivity (Wildman–Crippen MR) is 79.6 cm³/mol. The van der Waals surface area contributed by atoms with Crippen molar-refractivity contribution in [3.8, 4) is 11.5 Å². The zero-order valence-electron chi connectivity index (χ0n) is 11.9. The fraction of sp³-hybridized carbons (Fsp3) is 0.294. The minimum Gasteiger partial charge on any atom is -0.453 e. The van der Waals surface area contributed by atoms with E-state index in [0.29, 0.717) is 0 Å². The standard InChI is InChI=1S/C17H19NO/c1-12-8-7-10-14-16(12)19-15-11-6-5-9-13(15)18(14)17(2,3)4/h5-11H,1-4H3. The van der Waals surface area contributed by atoms with Gasteiger partial charge in [0.2, 0.25) is 0 Å². The average Bonchev–Trinajstić information content (AvgIpc) is 2.35. The first-order valence-corrected chi connectivity index (χ1v) is 6.65. The van der Waals surface area contributed by atoms with E-state index in [9.17, 15) is 0 Å². The van der Waals surface area contributed by atoms with E-state index in [-0.39, 0.29) is 5.54 Å². The van der Waals surface area contributed by atoms with E-state index in [1.807, 2.05) is 12.1 Å². The maximum atomic E-state index is 6.09. The lowest BCUT2D eigenvalue weighted by Gasteiger charge is -2.42. The molecule has 0 aliphatic carbocycles. The number of para-hydroxylation sites is 3. The topological polar surface area (TPSA) is 12.5 Å². The number of nitrogens with zero attached hydrogens (tertiary/aromatic N) is 1. The summed E-state index contributed by atoms with van der Waals surface area (Å²) in [5, 5.41) is 0. The third-order valence-electron chi connectivity index (χ3n) is 3.42. The van der Waals surface area contributed by atoms with Crippen molar-refractivity contribution in [2.45, 2.75) is 33.2 Å². The third-order valence-corrected chi connectivity index (χ3v) is 3.42. The van der Waals surface area contributed by atoms with Crippen molar-refractivity contribution >= 4 is 11.4 Å². The molecular formula is C17H19NO. The molecule has 0 spiro atoms. The number of fused-ring (bicyclic) bond motifs is 2. The Bertz CT molecular complexity index is 625. The van der Waals surface area contributed by atoms with Crippen LogP contribution < -0.4 is 9.64 Å². The van der Waals surface area contributed by atoms with Gasteiger partial charge in [0.15, 0.2) is 11.5 Å². The summed E-state index contributed by atoms with van der Waals surface area (Å²) in [7, 11) is 0. The molecule has 0 fully saturated rings. The third kappa shape index (κ3) is 1.88. The zero-order valence-corrected chi connectivity index (χ0v) is 11.9. The summed E-state index contributed by atoms with van der Waals surface area (Å²) in [5.41, 5.74) is 3.45. The largest absolute Gasteiger partial charge is 0.453 e. The van der Waals surface area contributed by atoms with Crippen molar-refractivity contribution in [1.82, 2.24) is 0 Å². The van der Waals surface area contributed by atoms with Gasteiger partial charge in [0.25, 0.3) is 0 Å². The van der Waals surface area contributed by atoms with E-state index in [2.05, 4.69) is 62.9 Å². The molecule has 0 saturated carbocycles. The first-order valence-electron chi connectivity index (χ1n) is 6.65. The molecule has 0 radical (unpaired) electrons. The van der Waals surface area contributed by atoms with Crippen LogP contribution in [0.1, 0.15) is 26.3 Å². The van der Waals surface area contributed by atoms with Gasteiger partial charge in [-0.25, -0.2) is 0 Å². The number of benzene rings is 2. The molecule has 1 heterocycles. The highest BCUT2D eigenvalue weighted by atomic mass is 16.5. The summed E-state index contributed by atoms with van der Waals surface area (Å²) < 4.78 is 6.09. The highest BCUT2D eigenvalue weighted by Crippen LogP contribution is 2.50. The summed E-state index contributed by atoms with van der Waals surface area (Å²) in [4.78, 5) is 2.36. The molecule has 0 unspecified atom stereocenters. The van der Waals surface area contributed by atoms with Crippen LogP contribution in [0.25, 0.3) is 0 Å². The second-order valence-corrected chi connectivity index (χ2v) is 6.00. The Hall–Kier alpha value is -1.96. The van der Waals surface area contributed by atoms with Crippen LogP contribution in [0, 0.1) is 6.92 Å². The monoisotopic (exact) mass is 253 g/mol. The second kappa shape index (κ2) is 4.02. The molecule has 3 rings (SSSR count). The highest BCUT2D eigenvalue weighted by Gasteiger charge is 2.32. The fourth-order valence-corrected chi connectivity index (χ4v) is 2.64. The zero-order chi connectivity index (χ0) is 13.6. The smallest absolute Gasteiger partial charge is 0.154 e. The van der Waals surface area contributed by atoms with Gasteiger partial charge in [-0.05, 0) is 51.5 Å². The molecule has 1 aliphatic rings. The molecule has 0 atom stereocenters. The van der Waals surface area contributed by atoms with Gasteiger partial charge in [0.1, 0.15) is 0 Å². The van der Waals surface area contributed by atoms with Gasteiger partial charge < -0.3 is 9.64 Å². The normalized spacial score (nSPS) is 13.6. The van der Waals surface area contributed by atoms with Crippen molar-refractivity contribution in [3.05, 3.63) is 48.0 Å². The molecule has 0 saturated heterocycles. The van der Waals surface area contributed by atoms with Gasteiger partial charge in [0, 0.05) is 5.54 Å². The lowest BCUT2D eigenvalue weighted by atomic mass is 10.00. The first-order chi connectivity index (χ1) is 8.98. The maximum Gasteiger partial charge on any atom is 0.154 e. The number of hydrogen-bond donors (Lipinski definition) is 0. The molecular weight excluding hydrogens is 234 g/mol. The molecule has 0 amide bonds. The summed E-state index contributed by atoms with van der Waals surface area (Å²) >= 11 is 0. The van der Waals surface area contributed by atoms with Gasteiger partial charge in [-0.15, -0.1) is 0 Å². The minimum atomic E-state index is 0.00241. The van der Waals surface area contributed by atoms with Crippen molar-refractivity contribution in [2.24, 2.45) is 0 Å².